The van der Waals surface area contributed by atoms with Gasteiger partial charge < -0.3 is 14.4 Å². The predicted octanol–water partition coefficient (Wildman–Crippen LogP) is 14.8. The van der Waals surface area contributed by atoms with Gasteiger partial charge in [-0.15, -0.1) is 0 Å². The van der Waals surface area contributed by atoms with Crippen LogP contribution in [0.3, 0.4) is 0 Å². The highest BCUT2D eigenvalue weighted by Gasteiger charge is 2.24. The van der Waals surface area contributed by atoms with E-state index in [0.717, 1.165) is 58.5 Å². The first kappa shape index (κ1) is 53.8. The average molecular weight is 801 g/mol. The molecule has 8 nitrogen and oxygen atoms in total. The standard InChI is InChI=1S/C46H89O8P/c1-4-6-8-10-12-14-16-18-20-21-22-23-24-25-27-28-30-32-34-36-38-40-45(47)52-42-44(43-53-55(49,50)51-3)54-46(48)41-39-37-35-33-31-29-26-19-17-15-13-11-9-7-5-2/h19,26,44H,4-18,20-25,27-43H2,1-3H3,(H,49,50)/b26-19-. The largest absolute Gasteiger partial charge is 0.472 e. The Balaban J connectivity index is 3.89. The summed E-state index contributed by atoms with van der Waals surface area (Å²) in [5.41, 5.74) is 0. The first-order valence-electron chi connectivity index (χ1n) is 23.4. The molecular weight excluding hydrogens is 711 g/mol. The van der Waals surface area contributed by atoms with Gasteiger partial charge in [0, 0.05) is 20.0 Å². The minimum absolute atomic E-state index is 0.222. The van der Waals surface area contributed by atoms with Gasteiger partial charge in [0.25, 0.3) is 0 Å². The topological polar surface area (TPSA) is 108 Å². The molecule has 0 aliphatic carbocycles. The average Bonchev–Trinajstić information content (AvgIpc) is 3.18. The Bertz CT molecular complexity index is 910. The number of unbranched alkanes of at least 4 members (excludes halogenated alkanes) is 31. The SMILES string of the molecule is CCCCCCCC/C=C\CCCCCCCC(=O)OC(COC(=O)CCCCCCCCCCCCCCCCCCCCCCC)COP(=O)(O)OC. The molecule has 326 valence electrons. The number of carbonyl (C=O) groups is 2. The lowest BCUT2D eigenvalue weighted by Crippen LogP contribution is -2.29. The Morgan fingerprint density at radius 3 is 1.18 bits per heavy atom. The van der Waals surface area contributed by atoms with Gasteiger partial charge in [-0.25, -0.2) is 4.57 Å². The summed E-state index contributed by atoms with van der Waals surface area (Å²) in [6.45, 7) is 3.91. The third kappa shape index (κ3) is 42.2. The van der Waals surface area contributed by atoms with E-state index in [4.69, 9.17) is 14.0 Å². The Labute approximate surface area is 340 Å². The van der Waals surface area contributed by atoms with Gasteiger partial charge in [0.2, 0.25) is 0 Å². The number of hydrogen-bond donors (Lipinski definition) is 1. The third-order valence-electron chi connectivity index (χ3n) is 10.5. The molecule has 0 aliphatic heterocycles. The van der Waals surface area contributed by atoms with Crippen LogP contribution in [0.2, 0.25) is 0 Å². The highest BCUT2D eigenvalue weighted by Crippen LogP contribution is 2.42. The molecule has 0 aromatic rings. The molecule has 0 saturated heterocycles. The van der Waals surface area contributed by atoms with E-state index in [9.17, 15) is 19.0 Å². The van der Waals surface area contributed by atoms with Crippen LogP contribution in [0.25, 0.3) is 0 Å². The lowest BCUT2D eigenvalue weighted by molar-refractivity contribution is -0.161. The molecule has 55 heavy (non-hydrogen) atoms. The zero-order chi connectivity index (χ0) is 40.3. The smallest absolute Gasteiger partial charge is 0.462 e. The summed E-state index contributed by atoms with van der Waals surface area (Å²) in [5, 5.41) is 0. The molecule has 0 aromatic heterocycles. The van der Waals surface area contributed by atoms with Crippen LogP contribution in [0.1, 0.15) is 245 Å². The normalized spacial score (nSPS) is 13.3. The van der Waals surface area contributed by atoms with Crippen molar-refractivity contribution in [3.8, 4) is 0 Å². The number of carbonyl (C=O) groups excluding carboxylic acids is 2. The summed E-state index contributed by atoms with van der Waals surface area (Å²) in [7, 11) is -3.19. The van der Waals surface area contributed by atoms with Gasteiger partial charge in [-0.2, -0.15) is 0 Å². The second-order valence-corrected chi connectivity index (χ2v) is 17.5. The van der Waals surface area contributed by atoms with Crippen LogP contribution in [-0.4, -0.2) is 43.3 Å². The molecule has 2 atom stereocenters. The van der Waals surface area contributed by atoms with Crippen molar-refractivity contribution < 1.29 is 37.6 Å². The first-order chi connectivity index (χ1) is 26.8. The molecule has 0 aromatic carbocycles. The van der Waals surface area contributed by atoms with E-state index in [1.807, 2.05) is 0 Å². The van der Waals surface area contributed by atoms with Crippen molar-refractivity contribution in [3.63, 3.8) is 0 Å². The maximum atomic E-state index is 12.5. The van der Waals surface area contributed by atoms with E-state index in [-0.39, 0.29) is 19.0 Å². The van der Waals surface area contributed by atoms with Crippen LogP contribution in [0.5, 0.6) is 0 Å². The van der Waals surface area contributed by atoms with Crippen molar-refractivity contribution >= 4 is 19.8 Å². The summed E-state index contributed by atoms with van der Waals surface area (Å²) in [6, 6.07) is 0. The number of allylic oxidation sites excluding steroid dienone is 2. The summed E-state index contributed by atoms with van der Waals surface area (Å²) in [6.07, 6.45) is 47.0. The minimum atomic E-state index is -4.26. The molecule has 0 bridgehead atoms. The van der Waals surface area contributed by atoms with Crippen LogP contribution < -0.4 is 0 Å². The molecule has 1 N–H and O–H groups in total. The molecule has 9 heteroatoms. The molecule has 0 rings (SSSR count). The van der Waals surface area contributed by atoms with Crippen LogP contribution in [0.4, 0.5) is 0 Å². The fourth-order valence-electron chi connectivity index (χ4n) is 6.89. The Hall–Kier alpha value is -1.21. The molecule has 0 amide bonds. The maximum Gasteiger partial charge on any atom is 0.472 e. The molecule has 0 spiro atoms. The Morgan fingerprint density at radius 1 is 0.491 bits per heavy atom. The molecule has 0 radical (unpaired) electrons. The first-order valence-corrected chi connectivity index (χ1v) is 24.9. The van der Waals surface area contributed by atoms with E-state index in [1.165, 1.54) is 161 Å². The molecular formula is C46H89O8P. The molecule has 0 heterocycles. The fraction of sp³-hybridized carbons (Fsp3) is 0.913. The van der Waals surface area contributed by atoms with Gasteiger partial charge in [0.1, 0.15) is 6.61 Å². The summed E-state index contributed by atoms with van der Waals surface area (Å²) < 4.78 is 32.0. The Kier molecular flexibility index (Phi) is 41.5. The number of rotatable bonds is 44. The molecule has 2 unspecified atom stereocenters. The second-order valence-electron chi connectivity index (χ2n) is 15.9. The number of esters is 2. The van der Waals surface area contributed by atoms with Crippen LogP contribution in [0, 0.1) is 0 Å². The zero-order valence-corrected chi connectivity index (χ0v) is 37.2. The van der Waals surface area contributed by atoms with Gasteiger partial charge in [0.05, 0.1) is 6.61 Å². The monoisotopic (exact) mass is 801 g/mol. The molecule has 0 fully saturated rings. The van der Waals surface area contributed by atoms with E-state index in [0.29, 0.717) is 12.8 Å². The van der Waals surface area contributed by atoms with Crippen LogP contribution in [-0.2, 0) is 32.7 Å². The summed E-state index contributed by atoms with van der Waals surface area (Å²) >= 11 is 0. The molecule has 0 aliphatic rings. The van der Waals surface area contributed by atoms with Crippen LogP contribution in [0.15, 0.2) is 12.2 Å². The van der Waals surface area contributed by atoms with Crippen LogP contribution >= 0.6 is 7.82 Å². The fourth-order valence-corrected chi connectivity index (χ4v) is 7.35. The number of phosphoric ester groups is 1. The van der Waals surface area contributed by atoms with Crippen molar-refractivity contribution in [1.82, 2.24) is 0 Å². The van der Waals surface area contributed by atoms with Gasteiger partial charge in [-0.05, 0) is 38.5 Å². The second kappa shape index (κ2) is 42.4. The van der Waals surface area contributed by atoms with Gasteiger partial charge in [0.15, 0.2) is 6.10 Å². The Morgan fingerprint density at radius 2 is 0.818 bits per heavy atom. The van der Waals surface area contributed by atoms with Crippen molar-refractivity contribution in [2.75, 3.05) is 20.3 Å². The summed E-state index contributed by atoms with van der Waals surface area (Å²) in [4.78, 5) is 34.5. The highest BCUT2D eigenvalue weighted by molar-refractivity contribution is 7.47. The number of hydrogen-bond acceptors (Lipinski definition) is 7. The van der Waals surface area contributed by atoms with Crippen molar-refractivity contribution in [1.29, 1.82) is 0 Å². The lowest BCUT2D eigenvalue weighted by Gasteiger charge is -2.19. The van der Waals surface area contributed by atoms with Gasteiger partial charge in [-0.1, -0.05) is 206 Å². The predicted molar refractivity (Wildman–Crippen MR) is 230 cm³/mol. The van der Waals surface area contributed by atoms with E-state index >= 15 is 0 Å². The molecule has 0 saturated carbocycles. The van der Waals surface area contributed by atoms with Gasteiger partial charge in [-0.3, -0.25) is 18.6 Å². The van der Waals surface area contributed by atoms with Crippen molar-refractivity contribution in [3.05, 3.63) is 12.2 Å². The number of ether oxygens (including phenoxy) is 2. The quantitative estimate of drug-likeness (QED) is 0.0281. The summed E-state index contributed by atoms with van der Waals surface area (Å²) in [5.74, 6) is -0.799. The van der Waals surface area contributed by atoms with Crippen molar-refractivity contribution in [2.45, 2.75) is 251 Å². The van der Waals surface area contributed by atoms with E-state index in [1.54, 1.807) is 0 Å². The van der Waals surface area contributed by atoms with E-state index < -0.39 is 26.5 Å². The third-order valence-corrected chi connectivity index (χ3v) is 11.4. The highest BCUT2D eigenvalue weighted by atomic mass is 31.2. The van der Waals surface area contributed by atoms with Crippen molar-refractivity contribution in [2.24, 2.45) is 0 Å². The zero-order valence-electron chi connectivity index (χ0n) is 36.4. The van der Waals surface area contributed by atoms with Gasteiger partial charge >= 0.3 is 19.8 Å². The minimum Gasteiger partial charge on any atom is -0.462 e. The lowest BCUT2D eigenvalue weighted by atomic mass is 10.0. The van der Waals surface area contributed by atoms with E-state index in [2.05, 4.69) is 30.5 Å². The maximum absolute atomic E-state index is 12.5. The number of phosphoric acid groups is 1.